The highest BCUT2D eigenvalue weighted by Crippen LogP contribution is 2.25. The fraction of sp³-hybridized carbons (Fsp3) is 0.267. The molecule has 0 spiro atoms. The summed E-state index contributed by atoms with van der Waals surface area (Å²) in [5, 5.41) is 4.99. The zero-order chi connectivity index (χ0) is 14.3. The van der Waals surface area contributed by atoms with Gasteiger partial charge in [-0.25, -0.2) is 0 Å². The molecule has 1 unspecified atom stereocenters. The second-order valence-electron chi connectivity index (χ2n) is 5.04. The minimum atomic E-state index is -0.460. The maximum Gasteiger partial charge on any atom is 0.248 e. The van der Waals surface area contributed by atoms with Crippen LogP contribution in [0.25, 0.3) is 10.8 Å². The topological polar surface area (TPSA) is 85.1 Å². The molecule has 1 aliphatic heterocycles. The molecule has 1 aromatic carbocycles. The van der Waals surface area contributed by atoms with E-state index in [2.05, 4.69) is 10.3 Å². The Bertz CT molecular complexity index is 724. The number of nitrogens with zero attached hydrogens (tertiary/aromatic N) is 1. The van der Waals surface area contributed by atoms with Crippen molar-refractivity contribution in [2.45, 2.75) is 19.4 Å². The number of pyridine rings is 1. The number of nitrogens with one attached hydrogen (secondary N) is 1. The number of aromatic nitrogens is 1. The molecule has 20 heavy (non-hydrogen) atoms. The van der Waals surface area contributed by atoms with E-state index >= 15 is 0 Å². The number of primary amides is 1. The maximum atomic E-state index is 11.8. The van der Waals surface area contributed by atoms with E-state index in [9.17, 15) is 9.59 Å². The van der Waals surface area contributed by atoms with Crippen LogP contribution in [0.2, 0.25) is 0 Å². The van der Waals surface area contributed by atoms with Gasteiger partial charge in [0.25, 0.3) is 0 Å². The third-order valence-corrected chi connectivity index (χ3v) is 3.66. The van der Waals surface area contributed by atoms with E-state index in [1.54, 1.807) is 12.1 Å². The van der Waals surface area contributed by atoms with Crippen LogP contribution in [-0.2, 0) is 4.79 Å². The molecule has 5 nitrogen and oxygen atoms in total. The summed E-state index contributed by atoms with van der Waals surface area (Å²) < 4.78 is 0. The van der Waals surface area contributed by atoms with Crippen LogP contribution in [-0.4, -0.2) is 23.2 Å². The number of rotatable bonds is 2. The second-order valence-corrected chi connectivity index (χ2v) is 5.04. The molecule has 102 valence electrons. The van der Waals surface area contributed by atoms with Gasteiger partial charge in [0.05, 0.1) is 5.69 Å². The molecular weight excluding hydrogens is 254 g/mol. The fourth-order valence-corrected chi connectivity index (χ4v) is 2.63. The van der Waals surface area contributed by atoms with Gasteiger partial charge in [0.2, 0.25) is 5.91 Å². The fourth-order valence-electron chi connectivity index (χ4n) is 2.63. The van der Waals surface area contributed by atoms with Crippen molar-refractivity contribution >= 4 is 22.5 Å². The number of carbonyl (C=O) groups excluding carboxylic acids is 2. The van der Waals surface area contributed by atoms with E-state index in [0.29, 0.717) is 24.2 Å². The van der Waals surface area contributed by atoms with Crippen molar-refractivity contribution in [3.63, 3.8) is 0 Å². The molecule has 2 aromatic rings. The Balaban J connectivity index is 2.15. The first-order chi connectivity index (χ1) is 9.56. The van der Waals surface area contributed by atoms with Gasteiger partial charge in [-0.05, 0) is 30.5 Å². The number of amides is 1. The zero-order valence-corrected chi connectivity index (χ0v) is 11.1. The zero-order valence-electron chi connectivity index (χ0n) is 11.1. The molecule has 5 heteroatoms. The number of carbonyl (C=O) groups is 2. The number of benzene rings is 1. The predicted molar refractivity (Wildman–Crippen MR) is 75.4 cm³/mol. The van der Waals surface area contributed by atoms with E-state index in [4.69, 9.17) is 5.73 Å². The van der Waals surface area contributed by atoms with Gasteiger partial charge in [0.1, 0.15) is 6.04 Å². The van der Waals surface area contributed by atoms with E-state index in [-0.39, 0.29) is 11.8 Å². The van der Waals surface area contributed by atoms with Crippen molar-refractivity contribution in [2.24, 2.45) is 5.73 Å². The molecule has 0 saturated carbocycles. The minimum absolute atomic E-state index is 0.155. The van der Waals surface area contributed by atoms with Crippen molar-refractivity contribution in [3.05, 3.63) is 41.2 Å². The molecule has 0 bridgehead atoms. The monoisotopic (exact) mass is 269 g/mol. The SMILES string of the molecule is Cc1nc(C2NCCC2=O)cc2cc(C(N)=O)ccc12. The molecule has 1 aromatic heterocycles. The number of hydrogen-bond acceptors (Lipinski definition) is 4. The maximum absolute atomic E-state index is 11.8. The highest BCUT2D eigenvalue weighted by atomic mass is 16.1. The average molecular weight is 269 g/mol. The Kier molecular flexibility index (Phi) is 2.99. The number of fused-ring (bicyclic) bond motifs is 1. The molecular formula is C15H15N3O2. The van der Waals surface area contributed by atoms with E-state index in [1.165, 1.54) is 0 Å². The van der Waals surface area contributed by atoms with Crippen LogP contribution in [0.3, 0.4) is 0 Å². The molecule has 3 rings (SSSR count). The van der Waals surface area contributed by atoms with Gasteiger partial charge >= 0.3 is 0 Å². The summed E-state index contributed by atoms with van der Waals surface area (Å²) in [5.74, 6) is -0.305. The number of Topliss-reactive ketones (excluding diaryl/α,β-unsaturated/α-hetero) is 1. The van der Waals surface area contributed by atoms with Crippen LogP contribution in [0.4, 0.5) is 0 Å². The highest BCUT2D eigenvalue weighted by molar-refractivity contribution is 5.98. The number of ketones is 1. The number of hydrogen-bond donors (Lipinski definition) is 2. The standard InChI is InChI=1S/C15H15N3O2/c1-8-11-3-2-9(15(16)20)6-10(11)7-12(18-8)14-13(19)4-5-17-14/h2-3,6-7,14,17H,4-5H2,1H3,(H2,16,20). The van der Waals surface area contributed by atoms with E-state index in [0.717, 1.165) is 16.5 Å². The van der Waals surface area contributed by atoms with Crippen LogP contribution in [0, 0.1) is 6.92 Å². The van der Waals surface area contributed by atoms with Crippen LogP contribution in [0.5, 0.6) is 0 Å². The molecule has 1 aliphatic rings. The summed E-state index contributed by atoms with van der Waals surface area (Å²) >= 11 is 0. The molecule has 1 atom stereocenters. The average Bonchev–Trinajstić information content (AvgIpc) is 2.84. The highest BCUT2D eigenvalue weighted by Gasteiger charge is 2.27. The third kappa shape index (κ3) is 2.06. The lowest BCUT2D eigenvalue weighted by atomic mass is 10.0. The van der Waals surface area contributed by atoms with Gasteiger partial charge in [0, 0.05) is 29.6 Å². The summed E-state index contributed by atoms with van der Waals surface area (Å²) in [4.78, 5) is 27.6. The first kappa shape index (κ1) is 12.7. The first-order valence-electron chi connectivity index (χ1n) is 6.53. The predicted octanol–water partition coefficient (Wildman–Crippen LogP) is 1.25. The van der Waals surface area contributed by atoms with Gasteiger partial charge in [-0.2, -0.15) is 0 Å². The summed E-state index contributed by atoms with van der Waals surface area (Å²) in [6.45, 7) is 2.58. The van der Waals surface area contributed by atoms with Crippen molar-refractivity contribution < 1.29 is 9.59 Å². The molecule has 0 radical (unpaired) electrons. The Morgan fingerprint density at radius 1 is 1.40 bits per heavy atom. The summed E-state index contributed by atoms with van der Waals surface area (Å²) in [7, 11) is 0. The Hall–Kier alpha value is -2.27. The Morgan fingerprint density at radius 2 is 2.20 bits per heavy atom. The van der Waals surface area contributed by atoms with Gasteiger partial charge in [-0.15, -0.1) is 0 Å². The van der Waals surface area contributed by atoms with Gasteiger partial charge < -0.3 is 11.1 Å². The van der Waals surface area contributed by atoms with Crippen molar-refractivity contribution in [1.29, 1.82) is 0 Å². The second kappa shape index (κ2) is 4.68. The van der Waals surface area contributed by atoms with E-state index < -0.39 is 5.91 Å². The normalized spacial score (nSPS) is 18.6. The lowest BCUT2D eigenvalue weighted by molar-refractivity contribution is -0.118. The quantitative estimate of drug-likeness (QED) is 0.859. The Labute approximate surface area is 116 Å². The van der Waals surface area contributed by atoms with Crippen LogP contribution in [0.1, 0.15) is 34.2 Å². The first-order valence-corrected chi connectivity index (χ1v) is 6.53. The van der Waals surface area contributed by atoms with Gasteiger partial charge in [-0.3, -0.25) is 14.6 Å². The van der Waals surface area contributed by atoms with E-state index in [1.807, 2.05) is 19.1 Å². The molecule has 1 amide bonds. The molecule has 3 N–H and O–H groups in total. The van der Waals surface area contributed by atoms with Gasteiger partial charge in [-0.1, -0.05) is 6.07 Å². The smallest absolute Gasteiger partial charge is 0.248 e. The lowest BCUT2D eigenvalue weighted by Crippen LogP contribution is -2.19. The molecule has 1 fully saturated rings. The van der Waals surface area contributed by atoms with Gasteiger partial charge in [0.15, 0.2) is 5.78 Å². The van der Waals surface area contributed by atoms with Crippen molar-refractivity contribution in [2.75, 3.05) is 6.54 Å². The van der Waals surface area contributed by atoms with Crippen molar-refractivity contribution in [1.82, 2.24) is 10.3 Å². The van der Waals surface area contributed by atoms with Crippen LogP contribution < -0.4 is 11.1 Å². The third-order valence-electron chi connectivity index (χ3n) is 3.66. The summed E-state index contributed by atoms with van der Waals surface area (Å²) in [6.07, 6.45) is 0.532. The molecule has 0 aliphatic carbocycles. The molecule has 1 saturated heterocycles. The summed E-state index contributed by atoms with van der Waals surface area (Å²) in [5.41, 5.74) is 7.31. The molecule has 2 heterocycles. The largest absolute Gasteiger partial charge is 0.366 e. The number of nitrogens with two attached hydrogens (primary N) is 1. The van der Waals surface area contributed by atoms with Crippen molar-refractivity contribution in [3.8, 4) is 0 Å². The Morgan fingerprint density at radius 3 is 2.85 bits per heavy atom. The minimum Gasteiger partial charge on any atom is -0.366 e. The van der Waals surface area contributed by atoms with Crippen LogP contribution >= 0.6 is 0 Å². The lowest BCUT2D eigenvalue weighted by Gasteiger charge is -2.12. The number of aryl methyl sites for hydroxylation is 1. The van der Waals surface area contributed by atoms with Crippen LogP contribution in [0.15, 0.2) is 24.3 Å². The summed E-state index contributed by atoms with van der Waals surface area (Å²) in [6, 6.07) is 6.80.